The molecule has 0 radical (unpaired) electrons. The predicted octanol–water partition coefficient (Wildman–Crippen LogP) is 4.23. The molecule has 2 heteroatoms. The molecule has 0 aliphatic carbocycles. The third kappa shape index (κ3) is 5.76. The topological polar surface area (TPSA) is 23.8 Å². The van der Waals surface area contributed by atoms with Gasteiger partial charge in [-0.05, 0) is 0 Å². The Kier molecular flexibility index (Phi) is 7.08. The zero-order chi connectivity index (χ0) is 14.8. The van der Waals surface area contributed by atoms with Crippen LogP contribution in [0.15, 0.2) is 60.7 Å². The molecule has 0 aromatic heterocycles. The molecule has 0 aliphatic heterocycles. The molecule has 108 valence electrons. The molecule has 0 heterocycles. The summed E-state index contributed by atoms with van der Waals surface area (Å²) in [6.45, 7) is 0. The van der Waals surface area contributed by atoms with Crippen LogP contribution < -0.4 is 4.46 Å². The van der Waals surface area contributed by atoms with Gasteiger partial charge in [-0.2, -0.15) is 0 Å². The Balaban J connectivity index is 1.96. The van der Waals surface area contributed by atoms with Crippen LogP contribution in [0.1, 0.15) is 42.5 Å². The minimum atomic E-state index is 0.470. The Morgan fingerprint density at radius 3 is 2.19 bits per heavy atom. The number of unbranched alkanes of at least 4 members (excludes halogenated alkanes) is 3. The van der Waals surface area contributed by atoms with Gasteiger partial charge in [0.15, 0.2) is 0 Å². The second kappa shape index (κ2) is 9.40. The number of rotatable bonds is 8. The Morgan fingerprint density at radius 2 is 1.52 bits per heavy atom. The van der Waals surface area contributed by atoms with E-state index in [0.29, 0.717) is 26.2 Å². The van der Waals surface area contributed by atoms with Crippen LogP contribution in [0.4, 0.5) is 0 Å². The van der Waals surface area contributed by atoms with Crippen molar-refractivity contribution in [2.45, 2.75) is 36.9 Å². The fourth-order valence-corrected chi connectivity index (χ4v) is 4.90. The van der Waals surface area contributed by atoms with E-state index in [0.717, 1.165) is 6.42 Å². The standard InChI is InChI=1S/C19H21NSe/c20-16-10-2-1-9-15-19(17-11-5-3-6-12-17)21-18-13-7-4-8-14-18/h3-8,11-14,19H,1-2,9-10,15H2. The summed E-state index contributed by atoms with van der Waals surface area (Å²) in [4.78, 5) is 0.642. The first-order valence-electron chi connectivity index (χ1n) is 7.54. The van der Waals surface area contributed by atoms with Gasteiger partial charge in [0.2, 0.25) is 0 Å². The van der Waals surface area contributed by atoms with Crippen molar-refractivity contribution in [3.63, 3.8) is 0 Å². The molecule has 1 nitrogen and oxygen atoms in total. The van der Waals surface area contributed by atoms with Crippen LogP contribution in [-0.2, 0) is 0 Å². The first-order chi connectivity index (χ1) is 10.4. The monoisotopic (exact) mass is 343 g/mol. The zero-order valence-corrected chi connectivity index (χ0v) is 14.0. The maximum atomic E-state index is 8.60. The Labute approximate surface area is 134 Å². The summed E-state index contributed by atoms with van der Waals surface area (Å²) in [5.74, 6) is 0. The van der Waals surface area contributed by atoms with Crippen LogP contribution in [0.3, 0.4) is 0 Å². The number of hydrogen-bond acceptors (Lipinski definition) is 1. The first kappa shape index (κ1) is 15.8. The van der Waals surface area contributed by atoms with Gasteiger partial charge in [-0.15, -0.1) is 0 Å². The summed E-state index contributed by atoms with van der Waals surface area (Å²) in [5.41, 5.74) is 1.46. The first-order valence-corrected chi connectivity index (χ1v) is 9.38. The normalized spacial score (nSPS) is 11.8. The van der Waals surface area contributed by atoms with E-state index < -0.39 is 0 Å². The molecule has 0 amide bonds. The average molecular weight is 342 g/mol. The van der Waals surface area contributed by atoms with Crippen LogP contribution in [0.25, 0.3) is 0 Å². The quantitative estimate of drug-likeness (QED) is 0.520. The Hall–Kier alpha value is -1.55. The summed E-state index contributed by atoms with van der Waals surface area (Å²) in [7, 11) is 0. The van der Waals surface area contributed by atoms with Crippen molar-refractivity contribution in [3.05, 3.63) is 66.2 Å². The van der Waals surface area contributed by atoms with E-state index in [4.69, 9.17) is 5.26 Å². The molecule has 0 N–H and O–H groups in total. The van der Waals surface area contributed by atoms with E-state index in [-0.39, 0.29) is 0 Å². The number of nitrogens with zero attached hydrogens (tertiary/aromatic N) is 1. The van der Waals surface area contributed by atoms with Crippen molar-refractivity contribution in [1.29, 1.82) is 5.26 Å². The summed E-state index contributed by atoms with van der Waals surface area (Å²) >= 11 is 0.470. The van der Waals surface area contributed by atoms with Crippen molar-refractivity contribution >= 4 is 19.4 Å². The van der Waals surface area contributed by atoms with Crippen LogP contribution in [0.2, 0.25) is 0 Å². The third-order valence-electron chi connectivity index (χ3n) is 3.45. The molecular formula is C19H21NSe. The average Bonchev–Trinajstić information content (AvgIpc) is 2.55. The van der Waals surface area contributed by atoms with Gasteiger partial charge >= 0.3 is 134 Å². The molecule has 0 spiro atoms. The van der Waals surface area contributed by atoms with E-state index in [9.17, 15) is 0 Å². The van der Waals surface area contributed by atoms with Crippen molar-refractivity contribution in [3.8, 4) is 6.07 Å². The molecule has 0 saturated heterocycles. The SMILES string of the molecule is N#CCCCCCC([Se]c1ccccc1)c1ccccc1. The van der Waals surface area contributed by atoms with Gasteiger partial charge < -0.3 is 0 Å². The summed E-state index contributed by atoms with van der Waals surface area (Å²) < 4.78 is 1.47. The third-order valence-corrected chi connectivity index (χ3v) is 6.25. The zero-order valence-electron chi connectivity index (χ0n) is 12.2. The molecule has 1 atom stereocenters. The van der Waals surface area contributed by atoms with E-state index in [1.807, 2.05) is 0 Å². The summed E-state index contributed by atoms with van der Waals surface area (Å²) in [6, 6.07) is 23.9. The van der Waals surface area contributed by atoms with Crippen molar-refractivity contribution in [1.82, 2.24) is 0 Å². The van der Waals surface area contributed by atoms with E-state index in [1.165, 1.54) is 29.3 Å². The maximum absolute atomic E-state index is 8.60. The van der Waals surface area contributed by atoms with Gasteiger partial charge in [-0.3, -0.25) is 0 Å². The van der Waals surface area contributed by atoms with Gasteiger partial charge in [0.25, 0.3) is 0 Å². The molecule has 2 rings (SSSR count). The second-order valence-corrected chi connectivity index (χ2v) is 7.77. The fraction of sp³-hybridized carbons (Fsp3) is 0.316. The van der Waals surface area contributed by atoms with Gasteiger partial charge in [-0.25, -0.2) is 0 Å². The van der Waals surface area contributed by atoms with E-state index >= 15 is 0 Å². The molecule has 0 bridgehead atoms. The van der Waals surface area contributed by atoms with Gasteiger partial charge in [0.05, 0.1) is 0 Å². The van der Waals surface area contributed by atoms with Gasteiger partial charge in [0, 0.05) is 0 Å². The van der Waals surface area contributed by atoms with Crippen molar-refractivity contribution in [2.75, 3.05) is 0 Å². The van der Waals surface area contributed by atoms with Crippen LogP contribution in [-0.4, -0.2) is 15.0 Å². The molecule has 2 aromatic rings. The van der Waals surface area contributed by atoms with Crippen LogP contribution in [0, 0.1) is 11.3 Å². The number of benzene rings is 2. The number of hydrogen-bond donors (Lipinski definition) is 0. The summed E-state index contributed by atoms with van der Waals surface area (Å²) in [5, 5.41) is 8.60. The van der Waals surface area contributed by atoms with Crippen LogP contribution in [0.5, 0.6) is 0 Å². The Bertz CT molecular complexity index is 545. The molecule has 0 fully saturated rings. The number of nitriles is 1. The van der Waals surface area contributed by atoms with Gasteiger partial charge in [0.1, 0.15) is 0 Å². The van der Waals surface area contributed by atoms with Crippen LogP contribution >= 0.6 is 0 Å². The second-order valence-electron chi connectivity index (χ2n) is 5.09. The molecular weight excluding hydrogens is 321 g/mol. The van der Waals surface area contributed by atoms with E-state index in [1.54, 1.807) is 0 Å². The van der Waals surface area contributed by atoms with Gasteiger partial charge in [-0.1, -0.05) is 0 Å². The van der Waals surface area contributed by atoms with Crippen molar-refractivity contribution < 1.29 is 0 Å². The molecule has 1 unspecified atom stereocenters. The van der Waals surface area contributed by atoms with E-state index in [2.05, 4.69) is 66.7 Å². The van der Waals surface area contributed by atoms with Crippen molar-refractivity contribution in [2.24, 2.45) is 0 Å². The molecule has 21 heavy (non-hydrogen) atoms. The summed E-state index contributed by atoms with van der Waals surface area (Å²) in [6.07, 6.45) is 5.35. The molecule has 0 saturated carbocycles. The molecule has 2 aromatic carbocycles. The molecule has 0 aliphatic rings. The predicted molar refractivity (Wildman–Crippen MR) is 89.7 cm³/mol. The fourth-order valence-electron chi connectivity index (χ4n) is 2.34. The minimum absolute atomic E-state index is 0.470. The Morgan fingerprint density at radius 1 is 0.857 bits per heavy atom.